The highest BCUT2D eigenvalue weighted by atomic mass is 79.9. The van der Waals surface area contributed by atoms with E-state index in [-0.39, 0.29) is 22.8 Å². The maximum absolute atomic E-state index is 12.2. The molecule has 3 rings (SSSR count). The molecule has 3 aromatic rings. The first kappa shape index (κ1) is 14.4. The number of aromatic nitrogens is 1. The minimum Gasteiger partial charge on any atom is -1.00 e. The average molecular weight is 328 g/mol. The molecule has 1 heterocycles. The minimum absolute atomic E-state index is 0. The van der Waals surface area contributed by atoms with Crippen molar-refractivity contribution >= 4 is 16.6 Å². The first-order chi connectivity index (χ1) is 9.33. The topological polar surface area (TPSA) is 20.9 Å². The number of hydrogen-bond acceptors (Lipinski definition) is 1. The van der Waals surface area contributed by atoms with Crippen molar-refractivity contribution in [2.24, 2.45) is 0 Å². The standard InChI is InChI=1S/C17H14NO.BrH/c19-17(13-18-10-4-1-5-11-18)16-9-8-14-6-2-3-7-15(14)12-16;/h1-12H,13H2;1H/q+1;/p-1. The van der Waals surface area contributed by atoms with Crippen molar-refractivity contribution in [2.75, 3.05) is 0 Å². The maximum Gasteiger partial charge on any atom is 0.227 e. The molecule has 0 unspecified atom stereocenters. The molecule has 0 fully saturated rings. The van der Waals surface area contributed by atoms with E-state index in [9.17, 15) is 4.79 Å². The molecule has 0 spiro atoms. The predicted molar refractivity (Wildman–Crippen MR) is 74.9 cm³/mol. The highest BCUT2D eigenvalue weighted by molar-refractivity contribution is 5.99. The van der Waals surface area contributed by atoms with E-state index in [1.54, 1.807) is 0 Å². The number of ketones is 1. The summed E-state index contributed by atoms with van der Waals surface area (Å²) in [6.45, 7) is 0.374. The molecule has 0 saturated carbocycles. The molecule has 2 nitrogen and oxygen atoms in total. The quantitative estimate of drug-likeness (QED) is 0.490. The summed E-state index contributed by atoms with van der Waals surface area (Å²) in [6, 6.07) is 19.7. The zero-order chi connectivity index (χ0) is 13.1. The Morgan fingerprint density at radius 1 is 0.850 bits per heavy atom. The van der Waals surface area contributed by atoms with Crippen molar-refractivity contribution in [2.45, 2.75) is 6.54 Å². The molecule has 0 N–H and O–H groups in total. The number of halogens is 1. The van der Waals surface area contributed by atoms with E-state index in [1.165, 1.54) is 0 Å². The Morgan fingerprint density at radius 3 is 2.30 bits per heavy atom. The average Bonchev–Trinajstić information content (AvgIpc) is 2.48. The number of nitrogens with zero attached hydrogens (tertiary/aromatic N) is 1. The molecule has 0 saturated heterocycles. The number of Topliss-reactive ketones (excluding diaryl/α,β-unsaturated/α-hetero) is 1. The van der Waals surface area contributed by atoms with Gasteiger partial charge in [-0.15, -0.1) is 0 Å². The molecule has 0 amide bonds. The summed E-state index contributed by atoms with van der Waals surface area (Å²) in [5, 5.41) is 2.26. The number of hydrogen-bond donors (Lipinski definition) is 0. The van der Waals surface area contributed by atoms with Gasteiger partial charge in [0.1, 0.15) is 0 Å². The van der Waals surface area contributed by atoms with Gasteiger partial charge >= 0.3 is 0 Å². The molecule has 0 aliphatic carbocycles. The summed E-state index contributed by atoms with van der Waals surface area (Å²) < 4.78 is 1.89. The van der Waals surface area contributed by atoms with Gasteiger partial charge in [0.2, 0.25) is 12.3 Å². The second-order valence-electron chi connectivity index (χ2n) is 4.53. The van der Waals surface area contributed by atoms with Crippen LogP contribution in [0.1, 0.15) is 10.4 Å². The Hall–Kier alpha value is -2.00. The van der Waals surface area contributed by atoms with Gasteiger partial charge in [-0.2, -0.15) is 4.57 Å². The number of carbonyl (C=O) groups is 1. The summed E-state index contributed by atoms with van der Waals surface area (Å²) >= 11 is 0. The molecule has 2 aromatic carbocycles. The Balaban J connectivity index is 0.00000147. The SMILES string of the molecule is O=C(C[n+]1ccccc1)c1ccc2ccccc2c1.[Br-]. The van der Waals surface area contributed by atoms with E-state index >= 15 is 0 Å². The van der Waals surface area contributed by atoms with Crippen LogP contribution in [0.15, 0.2) is 73.1 Å². The number of benzene rings is 2. The van der Waals surface area contributed by atoms with E-state index in [1.807, 2.05) is 71.6 Å². The van der Waals surface area contributed by atoms with Crippen LogP contribution in [0.2, 0.25) is 0 Å². The summed E-state index contributed by atoms with van der Waals surface area (Å²) in [5.74, 6) is 0.127. The number of carbonyl (C=O) groups excluding carboxylic acids is 1. The van der Waals surface area contributed by atoms with Crippen LogP contribution in [-0.4, -0.2) is 5.78 Å². The van der Waals surface area contributed by atoms with Gasteiger partial charge in [-0.1, -0.05) is 42.5 Å². The fourth-order valence-corrected chi connectivity index (χ4v) is 2.16. The summed E-state index contributed by atoms with van der Waals surface area (Å²) in [4.78, 5) is 12.2. The predicted octanol–water partition coefficient (Wildman–Crippen LogP) is 0.0142. The van der Waals surface area contributed by atoms with E-state index in [0.29, 0.717) is 6.54 Å². The number of rotatable bonds is 3. The van der Waals surface area contributed by atoms with Crippen LogP contribution in [0.25, 0.3) is 10.8 Å². The van der Waals surface area contributed by atoms with Gasteiger partial charge in [-0.25, -0.2) is 0 Å². The monoisotopic (exact) mass is 327 g/mol. The fourth-order valence-electron chi connectivity index (χ4n) is 2.16. The van der Waals surface area contributed by atoms with Crippen molar-refractivity contribution in [1.82, 2.24) is 0 Å². The van der Waals surface area contributed by atoms with E-state index in [4.69, 9.17) is 0 Å². The number of pyridine rings is 1. The Labute approximate surface area is 128 Å². The lowest BCUT2D eigenvalue weighted by molar-refractivity contribution is -0.683. The lowest BCUT2D eigenvalue weighted by atomic mass is 10.0. The molecule has 0 bridgehead atoms. The van der Waals surface area contributed by atoms with Crippen LogP contribution in [0.5, 0.6) is 0 Å². The first-order valence-electron chi connectivity index (χ1n) is 6.29. The van der Waals surface area contributed by atoms with E-state index in [0.717, 1.165) is 16.3 Å². The Morgan fingerprint density at radius 2 is 1.55 bits per heavy atom. The van der Waals surface area contributed by atoms with Gasteiger partial charge in [0.25, 0.3) is 0 Å². The van der Waals surface area contributed by atoms with Gasteiger partial charge in [-0.3, -0.25) is 4.79 Å². The number of fused-ring (bicyclic) bond motifs is 1. The zero-order valence-electron chi connectivity index (χ0n) is 10.9. The largest absolute Gasteiger partial charge is 1.00 e. The molecule has 0 radical (unpaired) electrons. The normalized spacial score (nSPS) is 10.0. The van der Waals surface area contributed by atoms with Crippen LogP contribution in [0.3, 0.4) is 0 Å². The van der Waals surface area contributed by atoms with Crippen LogP contribution in [-0.2, 0) is 6.54 Å². The smallest absolute Gasteiger partial charge is 0.227 e. The summed E-state index contributed by atoms with van der Waals surface area (Å²) in [6.07, 6.45) is 3.80. The molecule has 20 heavy (non-hydrogen) atoms. The van der Waals surface area contributed by atoms with Gasteiger partial charge in [-0.05, 0) is 16.8 Å². The van der Waals surface area contributed by atoms with Gasteiger partial charge < -0.3 is 17.0 Å². The molecular formula is C17H14BrNO. The maximum atomic E-state index is 12.2. The third-order valence-electron chi connectivity index (χ3n) is 3.17. The van der Waals surface area contributed by atoms with Gasteiger partial charge in [0, 0.05) is 17.7 Å². The van der Waals surface area contributed by atoms with Crippen LogP contribution < -0.4 is 21.5 Å². The molecule has 0 atom stereocenters. The van der Waals surface area contributed by atoms with Crippen LogP contribution in [0.4, 0.5) is 0 Å². The van der Waals surface area contributed by atoms with Gasteiger partial charge in [0.15, 0.2) is 12.4 Å². The minimum atomic E-state index is 0. The molecule has 0 aliphatic heterocycles. The van der Waals surface area contributed by atoms with E-state index < -0.39 is 0 Å². The third-order valence-corrected chi connectivity index (χ3v) is 3.17. The van der Waals surface area contributed by atoms with Crippen LogP contribution >= 0.6 is 0 Å². The molecule has 0 aliphatic rings. The lowest BCUT2D eigenvalue weighted by Gasteiger charge is -2.01. The van der Waals surface area contributed by atoms with Crippen LogP contribution in [0, 0.1) is 0 Å². The summed E-state index contributed by atoms with van der Waals surface area (Å²) in [7, 11) is 0. The molecular weight excluding hydrogens is 314 g/mol. The highest BCUT2D eigenvalue weighted by Crippen LogP contribution is 2.15. The second kappa shape index (κ2) is 6.44. The van der Waals surface area contributed by atoms with Crippen molar-refractivity contribution < 1.29 is 26.3 Å². The summed E-state index contributed by atoms with van der Waals surface area (Å²) in [5.41, 5.74) is 0.759. The molecule has 1 aromatic heterocycles. The van der Waals surface area contributed by atoms with Crippen molar-refractivity contribution in [3.05, 3.63) is 78.6 Å². The van der Waals surface area contributed by atoms with Gasteiger partial charge in [0.05, 0.1) is 0 Å². The lowest BCUT2D eigenvalue weighted by Crippen LogP contribution is -3.00. The molecule has 3 heteroatoms. The third kappa shape index (κ3) is 3.11. The van der Waals surface area contributed by atoms with E-state index in [2.05, 4.69) is 6.07 Å². The first-order valence-corrected chi connectivity index (χ1v) is 6.29. The van der Waals surface area contributed by atoms with Crippen molar-refractivity contribution in [3.8, 4) is 0 Å². The Kier molecular flexibility index (Phi) is 4.64. The van der Waals surface area contributed by atoms with Crippen molar-refractivity contribution in [3.63, 3.8) is 0 Å². The highest BCUT2D eigenvalue weighted by Gasteiger charge is 2.11. The Bertz CT molecular complexity index is 725. The molecule has 100 valence electrons. The van der Waals surface area contributed by atoms with Crippen molar-refractivity contribution in [1.29, 1.82) is 0 Å². The second-order valence-corrected chi connectivity index (χ2v) is 4.53. The fraction of sp³-hybridized carbons (Fsp3) is 0.0588. The zero-order valence-corrected chi connectivity index (χ0v) is 12.5.